The van der Waals surface area contributed by atoms with Crippen LogP contribution in [0, 0.1) is 30.3 Å². The molecule has 14 heteroatoms. The van der Waals surface area contributed by atoms with E-state index in [-0.39, 0.29) is 28.6 Å². The van der Waals surface area contributed by atoms with Crippen LogP contribution >= 0.6 is 0 Å². The zero-order valence-corrected chi connectivity index (χ0v) is 10.7. The number of benzene rings is 1. The molecule has 0 unspecified atom stereocenters. The minimum Gasteiger partial charge on any atom is -0.744 e. The molecular formula is C6H2N3NiO9S+. The number of nitro groups is 3. The first kappa shape index (κ1) is 17.8. The molecule has 0 N–H and O–H groups in total. The van der Waals surface area contributed by atoms with E-state index >= 15 is 0 Å². The Morgan fingerprint density at radius 1 is 0.850 bits per heavy atom. The molecule has 0 fully saturated rings. The van der Waals surface area contributed by atoms with Crippen LogP contribution in [0.4, 0.5) is 17.1 Å². The van der Waals surface area contributed by atoms with Gasteiger partial charge in [-0.05, 0) is 0 Å². The van der Waals surface area contributed by atoms with Crippen LogP contribution in [-0.4, -0.2) is 27.7 Å². The number of nitrogens with zero attached hydrogens (tertiary/aromatic N) is 3. The monoisotopic (exact) mass is 350 g/mol. The summed E-state index contributed by atoms with van der Waals surface area (Å²) in [6.07, 6.45) is 0. The Kier molecular flexibility index (Phi) is 5.22. The SMILES string of the molecule is O=[N+]([O-])c1cc([N+](=O)[O-])c(S(=O)(=O)[O-])c([N+](=O)[O-])c1.[Ni+2]. The molecule has 0 bridgehead atoms. The summed E-state index contributed by atoms with van der Waals surface area (Å²) >= 11 is 0. The molecule has 0 spiro atoms. The van der Waals surface area contributed by atoms with Crippen LogP contribution in [0.1, 0.15) is 0 Å². The van der Waals surface area contributed by atoms with Gasteiger partial charge in [0.15, 0.2) is 0 Å². The van der Waals surface area contributed by atoms with Gasteiger partial charge in [-0.1, -0.05) is 0 Å². The van der Waals surface area contributed by atoms with Crippen molar-refractivity contribution in [3.63, 3.8) is 0 Å². The summed E-state index contributed by atoms with van der Waals surface area (Å²) in [7, 11) is -5.55. The van der Waals surface area contributed by atoms with Gasteiger partial charge >= 0.3 is 27.9 Å². The fourth-order valence-corrected chi connectivity index (χ4v) is 2.00. The van der Waals surface area contributed by atoms with Gasteiger partial charge in [-0.3, -0.25) is 30.3 Å². The smallest absolute Gasteiger partial charge is 0.744 e. The molecule has 0 aliphatic rings. The van der Waals surface area contributed by atoms with Crippen molar-refractivity contribution in [2.24, 2.45) is 0 Å². The first-order valence-electron chi connectivity index (χ1n) is 4.13. The van der Waals surface area contributed by atoms with Crippen molar-refractivity contribution >= 4 is 27.2 Å². The normalized spacial score (nSPS) is 10.4. The van der Waals surface area contributed by atoms with Crippen molar-refractivity contribution < 1.29 is 44.2 Å². The summed E-state index contributed by atoms with van der Waals surface area (Å²) in [5, 5.41) is 31.6. The molecule has 1 aromatic carbocycles. The Bertz CT molecular complexity index is 665. The summed E-state index contributed by atoms with van der Waals surface area (Å²) in [5.41, 5.74) is -4.11. The second-order valence-electron chi connectivity index (χ2n) is 3.04. The van der Waals surface area contributed by atoms with E-state index in [1.54, 1.807) is 0 Å². The minimum atomic E-state index is -5.55. The van der Waals surface area contributed by atoms with Gasteiger partial charge in [0.1, 0.15) is 10.1 Å². The fraction of sp³-hybridized carbons (Fsp3) is 0. The van der Waals surface area contributed by atoms with Gasteiger partial charge in [0.05, 0.1) is 26.9 Å². The number of rotatable bonds is 4. The number of nitro benzene ring substituents is 3. The summed E-state index contributed by atoms with van der Waals surface area (Å²) in [6.45, 7) is 0. The van der Waals surface area contributed by atoms with Crippen LogP contribution in [-0.2, 0) is 26.6 Å². The fourth-order valence-electron chi connectivity index (χ4n) is 1.22. The maximum atomic E-state index is 10.8. The zero-order valence-electron chi connectivity index (χ0n) is 8.90. The zero-order chi connectivity index (χ0) is 15.0. The molecule has 0 radical (unpaired) electrons. The average molecular weight is 351 g/mol. The Morgan fingerprint density at radius 3 is 1.40 bits per heavy atom. The van der Waals surface area contributed by atoms with Gasteiger partial charge in [0.25, 0.3) is 5.69 Å². The average Bonchev–Trinajstić information content (AvgIpc) is 2.25. The van der Waals surface area contributed by atoms with E-state index in [1.807, 2.05) is 0 Å². The largest absolute Gasteiger partial charge is 2.00 e. The predicted octanol–water partition coefficient (Wildman–Crippen LogP) is 0.313. The van der Waals surface area contributed by atoms with Crippen LogP contribution in [0.25, 0.3) is 0 Å². The molecule has 0 aliphatic carbocycles. The number of non-ortho nitro benzene ring substituents is 1. The molecule has 0 amide bonds. The van der Waals surface area contributed by atoms with Crippen molar-refractivity contribution in [1.29, 1.82) is 0 Å². The summed E-state index contributed by atoms with van der Waals surface area (Å²) < 4.78 is 32.5. The molecule has 20 heavy (non-hydrogen) atoms. The van der Waals surface area contributed by atoms with E-state index in [2.05, 4.69) is 0 Å². The Morgan fingerprint density at radius 2 is 1.20 bits per heavy atom. The molecular weight excluding hydrogens is 349 g/mol. The van der Waals surface area contributed by atoms with Crippen LogP contribution in [0.5, 0.6) is 0 Å². The van der Waals surface area contributed by atoms with Gasteiger partial charge in [-0.2, -0.15) is 0 Å². The van der Waals surface area contributed by atoms with Gasteiger partial charge in [0.2, 0.25) is 4.90 Å². The number of hydrogen-bond acceptors (Lipinski definition) is 9. The van der Waals surface area contributed by atoms with Gasteiger partial charge in [0, 0.05) is 0 Å². The molecule has 0 aromatic heterocycles. The van der Waals surface area contributed by atoms with Crippen LogP contribution in [0.2, 0.25) is 0 Å². The molecule has 1 aromatic rings. The van der Waals surface area contributed by atoms with Crippen molar-refractivity contribution in [3.8, 4) is 0 Å². The molecule has 12 nitrogen and oxygen atoms in total. The van der Waals surface area contributed by atoms with E-state index in [0.717, 1.165) is 0 Å². The van der Waals surface area contributed by atoms with E-state index in [1.165, 1.54) is 0 Å². The van der Waals surface area contributed by atoms with Gasteiger partial charge < -0.3 is 4.55 Å². The second-order valence-corrected chi connectivity index (χ2v) is 4.36. The molecule has 1 rings (SSSR count). The van der Waals surface area contributed by atoms with E-state index in [0.29, 0.717) is 0 Å². The minimum absolute atomic E-state index is 0. The molecule has 0 heterocycles. The molecule has 110 valence electrons. The third kappa shape index (κ3) is 3.43. The topological polar surface area (TPSA) is 187 Å². The van der Waals surface area contributed by atoms with Crippen molar-refractivity contribution in [1.82, 2.24) is 0 Å². The Hall–Kier alpha value is -2.18. The first-order chi connectivity index (χ1) is 8.55. The van der Waals surface area contributed by atoms with Crippen molar-refractivity contribution in [3.05, 3.63) is 42.5 Å². The van der Waals surface area contributed by atoms with E-state index < -0.39 is 46.8 Å². The quantitative estimate of drug-likeness (QED) is 0.318. The summed E-state index contributed by atoms with van der Waals surface area (Å²) in [6, 6.07) is 0.329. The third-order valence-corrected chi connectivity index (χ3v) is 2.81. The molecule has 0 aliphatic heterocycles. The van der Waals surface area contributed by atoms with Gasteiger partial charge in [-0.15, -0.1) is 0 Å². The standard InChI is InChI=1S/C6H3N3O9S.Ni/c10-7(11)3-1-4(8(12)13)6(19(16,17)18)5(2-3)9(14)15;/h1-2H,(H,16,17,18);/q;+2/p-1. The maximum Gasteiger partial charge on any atom is 2.00 e. The summed E-state index contributed by atoms with van der Waals surface area (Å²) in [5.74, 6) is 0. The molecule has 0 saturated carbocycles. The van der Waals surface area contributed by atoms with Crippen molar-refractivity contribution in [2.75, 3.05) is 0 Å². The Labute approximate surface area is 119 Å². The van der Waals surface area contributed by atoms with E-state index in [9.17, 15) is 43.3 Å². The number of hydrogen-bond donors (Lipinski definition) is 0. The van der Waals surface area contributed by atoms with Crippen LogP contribution in [0.3, 0.4) is 0 Å². The Balaban J connectivity index is 0.00000361. The van der Waals surface area contributed by atoms with Gasteiger partial charge in [-0.25, -0.2) is 8.42 Å². The van der Waals surface area contributed by atoms with Crippen molar-refractivity contribution in [2.45, 2.75) is 4.90 Å². The van der Waals surface area contributed by atoms with Crippen LogP contribution in [0.15, 0.2) is 17.0 Å². The van der Waals surface area contributed by atoms with Crippen LogP contribution < -0.4 is 0 Å². The maximum absolute atomic E-state index is 10.8. The first-order valence-corrected chi connectivity index (χ1v) is 5.53. The molecule has 0 saturated heterocycles. The predicted molar refractivity (Wildman–Crippen MR) is 54.4 cm³/mol. The van der Waals surface area contributed by atoms with E-state index in [4.69, 9.17) is 0 Å². The summed E-state index contributed by atoms with van der Waals surface area (Å²) in [4.78, 5) is 25.8. The third-order valence-electron chi connectivity index (χ3n) is 1.89. The molecule has 0 atom stereocenters. The second kappa shape index (κ2) is 5.85.